The van der Waals surface area contributed by atoms with Crippen LogP contribution in [0.5, 0.6) is 0 Å². The number of rotatable bonds is 5. The standard InChI is InChI=1S/C22H27Cl2N5O2/c1-16-14-27(22-21(24)12-20(13-25-22)29(30)31)10-11-28(16)19-6-8-26(9-7-19)15-17-2-4-18(23)5-3-17/h2-5,12-13,16,19H,6-11,14-15H2,1H3/t16-/m0/s1. The second kappa shape index (κ2) is 9.69. The number of piperidine rings is 1. The Labute approximate surface area is 192 Å². The second-order valence-electron chi connectivity index (χ2n) is 8.42. The van der Waals surface area contributed by atoms with E-state index in [0.29, 0.717) is 22.9 Å². The van der Waals surface area contributed by atoms with Crippen molar-refractivity contribution in [2.75, 3.05) is 37.6 Å². The summed E-state index contributed by atoms with van der Waals surface area (Å²) in [5, 5.41) is 12.0. The fraction of sp³-hybridized carbons (Fsp3) is 0.500. The Morgan fingerprint density at radius 2 is 1.84 bits per heavy atom. The minimum atomic E-state index is -0.470. The van der Waals surface area contributed by atoms with Crippen molar-refractivity contribution in [3.05, 3.63) is 62.3 Å². The van der Waals surface area contributed by atoms with E-state index in [2.05, 4.69) is 38.7 Å². The number of nitrogens with zero attached hydrogens (tertiary/aromatic N) is 5. The number of nitro groups is 1. The molecule has 2 fully saturated rings. The zero-order chi connectivity index (χ0) is 22.0. The van der Waals surface area contributed by atoms with Crippen molar-refractivity contribution in [2.45, 2.75) is 38.4 Å². The number of pyridine rings is 1. The molecule has 0 spiro atoms. The third-order valence-electron chi connectivity index (χ3n) is 6.34. The summed E-state index contributed by atoms with van der Waals surface area (Å²) in [5.41, 5.74) is 1.23. The minimum Gasteiger partial charge on any atom is -0.353 e. The van der Waals surface area contributed by atoms with Crippen LogP contribution in [-0.2, 0) is 6.54 Å². The molecule has 1 aromatic heterocycles. The van der Waals surface area contributed by atoms with E-state index in [1.165, 1.54) is 17.8 Å². The van der Waals surface area contributed by atoms with Gasteiger partial charge in [-0.25, -0.2) is 4.98 Å². The van der Waals surface area contributed by atoms with Gasteiger partial charge in [0.25, 0.3) is 5.69 Å². The average Bonchev–Trinajstić information content (AvgIpc) is 2.76. The summed E-state index contributed by atoms with van der Waals surface area (Å²) in [7, 11) is 0. The zero-order valence-corrected chi connectivity index (χ0v) is 19.1. The SMILES string of the molecule is C[C@H]1CN(c2ncc([N+](=O)[O-])cc2Cl)CCN1C1CCN(Cc2ccc(Cl)cc2)CC1. The maximum absolute atomic E-state index is 10.9. The van der Waals surface area contributed by atoms with Gasteiger partial charge in [-0.1, -0.05) is 35.3 Å². The van der Waals surface area contributed by atoms with E-state index in [0.717, 1.165) is 57.1 Å². The zero-order valence-electron chi connectivity index (χ0n) is 17.6. The summed E-state index contributed by atoms with van der Waals surface area (Å²) >= 11 is 12.3. The Hall–Kier alpha value is -1.93. The van der Waals surface area contributed by atoms with Crippen LogP contribution in [0.3, 0.4) is 0 Å². The number of hydrogen-bond donors (Lipinski definition) is 0. The van der Waals surface area contributed by atoms with E-state index >= 15 is 0 Å². The molecule has 1 atom stereocenters. The maximum Gasteiger partial charge on any atom is 0.289 e. The number of halogens is 2. The molecule has 2 aromatic rings. The number of aromatic nitrogens is 1. The van der Waals surface area contributed by atoms with Gasteiger partial charge in [0.1, 0.15) is 12.0 Å². The van der Waals surface area contributed by atoms with Gasteiger partial charge in [-0.2, -0.15) is 0 Å². The lowest BCUT2D eigenvalue weighted by Gasteiger charge is -2.46. The fourth-order valence-corrected chi connectivity index (χ4v) is 5.12. The molecule has 0 aliphatic carbocycles. The first-order valence-corrected chi connectivity index (χ1v) is 11.4. The Bertz CT molecular complexity index is 919. The largest absolute Gasteiger partial charge is 0.353 e. The summed E-state index contributed by atoms with van der Waals surface area (Å²) in [5.74, 6) is 0.636. The first-order chi connectivity index (χ1) is 14.9. The normalized spacial score (nSPS) is 21.4. The molecule has 0 N–H and O–H groups in total. The maximum atomic E-state index is 10.9. The van der Waals surface area contributed by atoms with Crippen molar-refractivity contribution in [1.29, 1.82) is 0 Å². The van der Waals surface area contributed by atoms with Crippen molar-refractivity contribution >= 4 is 34.7 Å². The molecule has 2 aliphatic heterocycles. The van der Waals surface area contributed by atoms with Gasteiger partial charge in [-0.05, 0) is 50.6 Å². The van der Waals surface area contributed by atoms with E-state index in [4.69, 9.17) is 23.2 Å². The van der Waals surface area contributed by atoms with Crippen molar-refractivity contribution in [2.24, 2.45) is 0 Å². The molecule has 0 radical (unpaired) electrons. The first kappa shape index (κ1) is 22.3. The third-order valence-corrected chi connectivity index (χ3v) is 6.87. The Balaban J connectivity index is 1.30. The summed E-state index contributed by atoms with van der Waals surface area (Å²) in [4.78, 5) is 22.0. The minimum absolute atomic E-state index is 0.0780. The van der Waals surface area contributed by atoms with E-state index < -0.39 is 4.92 Å². The van der Waals surface area contributed by atoms with Crippen molar-refractivity contribution in [3.63, 3.8) is 0 Å². The van der Waals surface area contributed by atoms with Gasteiger partial charge in [0.05, 0.1) is 9.95 Å². The molecule has 2 saturated heterocycles. The summed E-state index contributed by atoms with van der Waals surface area (Å²) < 4.78 is 0. The predicted molar refractivity (Wildman–Crippen MR) is 124 cm³/mol. The van der Waals surface area contributed by atoms with Gasteiger partial charge in [0.2, 0.25) is 0 Å². The summed E-state index contributed by atoms with van der Waals surface area (Å²) in [6, 6.07) is 10.5. The van der Waals surface area contributed by atoms with Crippen LogP contribution in [0.1, 0.15) is 25.3 Å². The predicted octanol–water partition coefficient (Wildman–Crippen LogP) is 4.47. The number of anilines is 1. The summed E-state index contributed by atoms with van der Waals surface area (Å²) in [6.07, 6.45) is 3.61. The van der Waals surface area contributed by atoms with Crippen LogP contribution in [0.2, 0.25) is 10.0 Å². The highest BCUT2D eigenvalue weighted by Gasteiger charge is 2.32. The monoisotopic (exact) mass is 463 g/mol. The lowest BCUT2D eigenvalue weighted by molar-refractivity contribution is -0.385. The quantitative estimate of drug-likeness (QED) is 0.481. The number of benzene rings is 1. The van der Waals surface area contributed by atoms with Crippen molar-refractivity contribution in [1.82, 2.24) is 14.8 Å². The van der Waals surface area contributed by atoms with Crippen LogP contribution in [0.15, 0.2) is 36.5 Å². The molecule has 3 heterocycles. The molecule has 0 saturated carbocycles. The average molecular weight is 464 g/mol. The van der Waals surface area contributed by atoms with Gasteiger partial charge in [-0.15, -0.1) is 0 Å². The molecule has 9 heteroatoms. The lowest BCUT2D eigenvalue weighted by atomic mass is 9.99. The third kappa shape index (κ3) is 5.29. The molecule has 1 aromatic carbocycles. The highest BCUT2D eigenvalue weighted by atomic mass is 35.5. The molecular formula is C22H27Cl2N5O2. The molecule has 31 heavy (non-hydrogen) atoms. The highest BCUT2D eigenvalue weighted by molar-refractivity contribution is 6.33. The van der Waals surface area contributed by atoms with Crippen LogP contribution in [0.4, 0.5) is 11.5 Å². The molecule has 7 nitrogen and oxygen atoms in total. The molecule has 4 rings (SSSR count). The Kier molecular flexibility index (Phi) is 6.96. The fourth-order valence-electron chi connectivity index (χ4n) is 4.72. The van der Waals surface area contributed by atoms with Crippen LogP contribution in [0, 0.1) is 10.1 Å². The van der Waals surface area contributed by atoms with Crippen molar-refractivity contribution < 1.29 is 4.92 Å². The Morgan fingerprint density at radius 1 is 1.13 bits per heavy atom. The van der Waals surface area contributed by atoms with Gasteiger partial charge in [0, 0.05) is 49.4 Å². The number of piperazine rings is 1. The molecule has 2 aliphatic rings. The second-order valence-corrected chi connectivity index (χ2v) is 9.27. The van der Waals surface area contributed by atoms with Gasteiger partial charge >= 0.3 is 0 Å². The van der Waals surface area contributed by atoms with Crippen LogP contribution < -0.4 is 4.90 Å². The lowest BCUT2D eigenvalue weighted by Crippen LogP contribution is -2.57. The number of hydrogen-bond acceptors (Lipinski definition) is 6. The summed E-state index contributed by atoms with van der Waals surface area (Å²) in [6.45, 7) is 7.97. The van der Waals surface area contributed by atoms with Crippen LogP contribution >= 0.6 is 23.2 Å². The van der Waals surface area contributed by atoms with Gasteiger partial charge < -0.3 is 4.90 Å². The molecule has 0 amide bonds. The molecular weight excluding hydrogens is 437 g/mol. The van der Waals surface area contributed by atoms with Crippen LogP contribution in [0.25, 0.3) is 0 Å². The molecule has 0 unspecified atom stereocenters. The van der Waals surface area contributed by atoms with Gasteiger partial charge in [0.15, 0.2) is 0 Å². The highest BCUT2D eigenvalue weighted by Crippen LogP contribution is 2.30. The van der Waals surface area contributed by atoms with E-state index in [9.17, 15) is 10.1 Å². The van der Waals surface area contributed by atoms with Gasteiger partial charge in [-0.3, -0.25) is 19.9 Å². The smallest absolute Gasteiger partial charge is 0.289 e. The first-order valence-electron chi connectivity index (χ1n) is 10.7. The molecule has 166 valence electrons. The van der Waals surface area contributed by atoms with E-state index in [1.807, 2.05) is 12.1 Å². The number of likely N-dealkylation sites (tertiary alicyclic amines) is 1. The van der Waals surface area contributed by atoms with E-state index in [1.54, 1.807) is 0 Å². The topological polar surface area (TPSA) is 65.8 Å². The van der Waals surface area contributed by atoms with Crippen LogP contribution in [-0.4, -0.2) is 64.5 Å². The van der Waals surface area contributed by atoms with Crippen molar-refractivity contribution in [3.8, 4) is 0 Å². The molecule has 0 bridgehead atoms. The Morgan fingerprint density at radius 3 is 2.45 bits per heavy atom. The van der Waals surface area contributed by atoms with E-state index in [-0.39, 0.29) is 5.69 Å².